The molecule has 2 aromatic rings. The summed E-state index contributed by atoms with van der Waals surface area (Å²) in [5.74, 6) is -0.571. The summed E-state index contributed by atoms with van der Waals surface area (Å²) >= 11 is 6.67. The van der Waals surface area contributed by atoms with Gasteiger partial charge in [-0.1, -0.05) is 23.4 Å². The van der Waals surface area contributed by atoms with Crippen LogP contribution in [0.25, 0.3) is 5.69 Å². The number of carbonyl (C=O) groups is 2. The number of halogens is 4. The average molecular weight is 435 g/mol. The Kier molecular flexibility index (Phi) is 7.48. The fraction of sp³-hybridized carbons (Fsp3) is 0.412. The van der Waals surface area contributed by atoms with Crippen molar-refractivity contribution in [2.24, 2.45) is 0 Å². The van der Waals surface area contributed by atoms with Crippen LogP contribution in [0.3, 0.4) is 0 Å². The molecule has 0 radical (unpaired) electrons. The van der Waals surface area contributed by atoms with E-state index in [9.17, 15) is 22.8 Å². The van der Waals surface area contributed by atoms with Gasteiger partial charge in [0.2, 0.25) is 5.91 Å². The van der Waals surface area contributed by atoms with Crippen LogP contribution in [0.4, 0.5) is 18.9 Å². The number of hydrogen-bond donors (Lipinski definition) is 0. The molecule has 0 saturated heterocycles. The van der Waals surface area contributed by atoms with E-state index < -0.39 is 35.3 Å². The van der Waals surface area contributed by atoms with E-state index in [2.05, 4.69) is 10.1 Å². The number of carbonyl (C=O) groups excluding carboxylic acids is 2. The molecule has 11 heteroatoms. The van der Waals surface area contributed by atoms with Crippen LogP contribution in [0, 0.1) is 0 Å². The zero-order chi connectivity index (χ0) is 20.9. The molecule has 0 aliphatic heterocycles. The largest absolute Gasteiger partial charge is 0.390 e. The highest BCUT2D eigenvalue weighted by Gasteiger charge is 2.35. The molecule has 2 aromatic heterocycles. The van der Waals surface area contributed by atoms with Gasteiger partial charge in [-0.3, -0.25) is 14.6 Å². The van der Waals surface area contributed by atoms with E-state index in [4.69, 9.17) is 11.6 Å². The van der Waals surface area contributed by atoms with Crippen molar-refractivity contribution in [1.82, 2.24) is 14.8 Å². The maximum absolute atomic E-state index is 12.8. The minimum Gasteiger partial charge on any atom is -0.308 e. The summed E-state index contributed by atoms with van der Waals surface area (Å²) in [6.45, 7) is 3.03. The number of hydrogen-bond acceptors (Lipinski definition) is 5. The van der Waals surface area contributed by atoms with Gasteiger partial charge in [0.15, 0.2) is 10.3 Å². The smallest absolute Gasteiger partial charge is 0.308 e. The number of amides is 1. The predicted octanol–water partition coefficient (Wildman–Crippen LogP) is 4.26. The molecule has 1 atom stereocenters. The van der Waals surface area contributed by atoms with E-state index in [-0.39, 0.29) is 17.4 Å². The van der Waals surface area contributed by atoms with Crippen molar-refractivity contribution in [3.05, 3.63) is 35.9 Å². The Morgan fingerprint density at radius 2 is 2.11 bits per heavy atom. The summed E-state index contributed by atoms with van der Waals surface area (Å²) < 4.78 is 39.8. The van der Waals surface area contributed by atoms with Gasteiger partial charge in [0.1, 0.15) is 5.69 Å². The Hall–Kier alpha value is -2.07. The van der Waals surface area contributed by atoms with Crippen molar-refractivity contribution >= 4 is 40.1 Å². The predicted molar refractivity (Wildman–Crippen MR) is 102 cm³/mol. The Bertz CT molecular complexity index is 830. The Morgan fingerprint density at radius 1 is 1.39 bits per heavy atom. The topological polar surface area (TPSA) is 68.1 Å². The van der Waals surface area contributed by atoms with Gasteiger partial charge in [0.05, 0.1) is 24.5 Å². The van der Waals surface area contributed by atoms with E-state index in [0.717, 1.165) is 0 Å². The van der Waals surface area contributed by atoms with Crippen molar-refractivity contribution in [2.45, 2.75) is 38.1 Å². The lowest BCUT2D eigenvalue weighted by molar-refractivity contribution is -0.135. The summed E-state index contributed by atoms with van der Waals surface area (Å²) in [5, 5.41) is 2.48. The van der Waals surface area contributed by atoms with Crippen molar-refractivity contribution in [1.29, 1.82) is 0 Å². The zero-order valence-corrected chi connectivity index (χ0v) is 16.7. The van der Waals surface area contributed by atoms with Crippen molar-refractivity contribution in [3.8, 4) is 5.69 Å². The highest BCUT2D eigenvalue weighted by molar-refractivity contribution is 8.14. The fourth-order valence-electron chi connectivity index (χ4n) is 2.58. The number of anilines is 1. The summed E-state index contributed by atoms with van der Waals surface area (Å²) in [6.07, 6.45) is -1.51. The van der Waals surface area contributed by atoms with E-state index in [0.29, 0.717) is 17.4 Å². The van der Waals surface area contributed by atoms with Crippen LogP contribution in [-0.2, 0) is 9.59 Å². The Labute approximate surface area is 169 Å². The van der Waals surface area contributed by atoms with Gasteiger partial charge >= 0.3 is 6.18 Å². The molecule has 28 heavy (non-hydrogen) atoms. The summed E-state index contributed by atoms with van der Waals surface area (Å²) in [5.41, 5.74) is 0.887. The summed E-state index contributed by atoms with van der Waals surface area (Å²) in [6, 6.07) is 3.44. The highest BCUT2D eigenvalue weighted by atomic mass is 35.5. The molecule has 6 nitrogen and oxygen atoms in total. The summed E-state index contributed by atoms with van der Waals surface area (Å²) in [4.78, 5) is 29.2. The van der Waals surface area contributed by atoms with Gasteiger partial charge < -0.3 is 4.90 Å². The van der Waals surface area contributed by atoms with Crippen LogP contribution in [0.5, 0.6) is 0 Å². The second kappa shape index (κ2) is 9.42. The third kappa shape index (κ3) is 6.23. The maximum atomic E-state index is 12.8. The van der Waals surface area contributed by atoms with Crippen LogP contribution in [0.15, 0.2) is 30.7 Å². The maximum Gasteiger partial charge on any atom is 0.390 e. The van der Waals surface area contributed by atoms with Crippen LogP contribution in [0.1, 0.15) is 26.7 Å². The average Bonchev–Trinajstić information content (AvgIpc) is 2.96. The van der Waals surface area contributed by atoms with Crippen molar-refractivity contribution in [3.63, 3.8) is 0 Å². The van der Waals surface area contributed by atoms with E-state index >= 15 is 0 Å². The number of rotatable bonds is 7. The fourth-order valence-corrected chi connectivity index (χ4v) is 3.78. The second-order valence-corrected chi connectivity index (χ2v) is 7.69. The van der Waals surface area contributed by atoms with Crippen LogP contribution < -0.4 is 4.90 Å². The molecule has 0 aliphatic carbocycles. The van der Waals surface area contributed by atoms with Crippen molar-refractivity contribution < 1.29 is 22.8 Å². The highest BCUT2D eigenvalue weighted by Crippen LogP contribution is 2.32. The molecule has 2 heterocycles. The van der Waals surface area contributed by atoms with E-state index in [1.165, 1.54) is 22.7 Å². The number of nitrogens with zero attached hydrogens (tertiary/aromatic N) is 4. The van der Waals surface area contributed by atoms with Crippen LogP contribution >= 0.6 is 23.4 Å². The quantitative estimate of drug-likeness (QED) is 0.651. The third-order valence-corrected chi connectivity index (χ3v) is 4.93. The lowest BCUT2D eigenvalue weighted by Gasteiger charge is -2.23. The third-order valence-electron chi connectivity index (χ3n) is 3.66. The van der Waals surface area contributed by atoms with E-state index in [1.54, 1.807) is 31.5 Å². The van der Waals surface area contributed by atoms with Gasteiger partial charge in [-0.2, -0.15) is 18.3 Å². The van der Waals surface area contributed by atoms with E-state index in [1.807, 2.05) is 0 Å². The van der Waals surface area contributed by atoms with Gasteiger partial charge in [-0.25, -0.2) is 4.68 Å². The molecule has 0 fully saturated rings. The van der Waals surface area contributed by atoms with Gasteiger partial charge in [0, 0.05) is 31.3 Å². The molecule has 0 aliphatic rings. The SMILES string of the molecule is CCN(C(=O)CC(CC(F)(F)F)SC(C)=O)c1cn(-c2cccnc2)nc1Cl. The molecule has 0 N–H and O–H groups in total. The molecule has 0 bridgehead atoms. The lowest BCUT2D eigenvalue weighted by atomic mass is 10.2. The molecule has 0 saturated carbocycles. The molecule has 0 spiro atoms. The van der Waals surface area contributed by atoms with Gasteiger partial charge in [0.25, 0.3) is 0 Å². The first kappa shape index (κ1) is 22.2. The Balaban J connectivity index is 2.22. The first-order valence-electron chi connectivity index (χ1n) is 8.30. The number of thioether (sulfide) groups is 1. The molecule has 152 valence electrons. The molecular formula is C17H18ClF3N4O2S. The molecule has 0 aromatic carbocycles. The van der Waals surface area contributed by atoms with Crippen LogP contribution in [0.2, 0.25) is 5.15 Å². The first-order valence-corrected chi connectivity index (χ1v) is 9.56. The standard InChI is InChI=1S/C17H18ClF3N4O2S/c1-3-24(15(27)7-13(28-11(2)26)8-17(19,20)21)14-10-25(23-16(14)18)12-5-4-6-22-9-12/h4-6,9-10,13H,3,7-8H2,1-2H3. The zero-order valence-electron chi connectivity index (χ0n) is 15.1. The minimum atomic E-state index is -4.48. The first-order chi connectivity index (χ1) is 13.1. The number of aromatic nitrogens is 3. The Morgan fingerprint density at radius 3 is 2.64 bits per heavy atom. The normalized spacial score (nSPS) is 12.6. The van der Waals surface area contributed by atoms with Crippen molar-refractivity contribution in [2.75, 3.05) is 11.4 Å². The molecule has 1 amide bonds. The monoisotopic (exact) mass is 434 g/mol. The minimum absolute atomic E-state index is 0.0330. The molecular weight excluding hydrogens is 417 g/mol. The van der Waals surface area contributed by atoms with Gasteiger partial charge in [-0.05, 0) is 19.1 Å². The molecule has 2 rings (SSSR count). The van der Waals surface area contributed by atoms with Crippen LogP contribution in [-0.4, -0.2) is 43.8 Å². The lowest BCUT2D eigenvalue weighted by Crippen LogP contribution is -2.34. The summed E-state index contributed by atoms with van der Waals surface area (Å²) in [7, 11) is 0. The van der Waals surface area contributed by atoms with Gasteiger partial charge in [-0.15, -0.1) is 0 Å². The number of pyridine rings is 1. The second-order valence-electron chi connectivity index (χ2n) is 5.85. The number of alkyl halides is 3. The molecule has 1 unspecified atom stereocenters.